The first-order chi connectivity index (χ1) is 8.93. The molecule has 6 nitrogen and oxygen atoms in total. The van der Waals surface area contributed by atoms with E-state index in [1.807, 2.05) is 0 Å². The number of aromatic nitrogens is 1. The highest BCUT2D eigenvalue weighted by molar-refractivity contribution is 7.89. The number of carboxylic acids is 1. The molecule has 0 amide bonds. The summed E-state index contributed by atoms with van der Waals surface area (Å²) in [5, 5.41) is 9.41. The molecule has 19 heavy (non-hydrogen) atoms. The number of sulfonamides is 1. The van der Waals surface area contributed by atoms with Gasteiger partial charge in [0.15, 0.2) is 0 Å². The summed E-state index contributed by atoms with van der Waals surface area (Å²) in [4.78, 5) is 11.2. The zero-order valence-electron chi connectivity index (χ0n) is 10.6. The standard InChI is InChI=1S/C12H16N2O4S/c1-13-6-2-3-11(13)19(17,18)14-8-4-5-10(14)9(7-8)12(15)16/h2-3,6,8-10H,4-5,7H2,1H3,(H,15,16). The van der Waals surface area contributed by atoms with E-state index in [0.717, 1.165) is 6.42 Å². The molecule has 0 aliphatic carbocycles. The second-order valence-electron chi connectivity index (χ2n) is 5.27. The summed E-state index contributed by atoms with van der Waals surface area (Å²) in [7, 11) is -1.92. The number of rotatable bonds is 3. The molecule has 3 rings (SSSR count). The summed E-state index contributed by atoms with van der Waals surface area (Å²) in [6.45, 7) is 0. The fraction of sp³-hybridized carbons (Fsp3) is 0.583. The third kappa shape index (κ3) is 1.72. The highest BCUT2D eigenvalue weighted by Crippen LogP contribution is 2.44. The molecule has 3 atom stereocenters. The molecule has 0 saturated carbocycles. The highest BCUT2D eigenvalue weighted by atomic mass is 32.2. The maximum atomic E-state index is 12.7. The molecule has 1 N–H and O–H groups in total. The van der Waals surface area contributed by atoms with Gasteiger partial charge < -0.3 is 9.67 Å². The number of nitrogens with zero attached hydrogens (tertiary/aromatic N) is 2. The molecule has 0 radical (unpaired) electrons. The molecule has 1 aromatic heterocycles. The van der Waals surface area contributed by atoms with Crippen molar-refractivity contribution in [2.75, 3.05) is 0 Å². The predicted molar refractivity (Wildman–Crippen MR) is 67.0 cm³/mol. The number of fused-ring (bicyclic) bond motifs is 2. The van der Waals surface area contributed by atoms with Gasteiger partial charge in [-0.15, -0.1) is 0 Å². The minimum atomic E-state index is -3.60. The lowest BCUT2D eigenvalue weighted by Gasteiger charge is -2.22. The molecule has 3 heterocycles. The molecule has 104 valence electrons. The van der Waals surface area contributed by atoms with Crippen molar-refractivity contribution in [3.05, 3.63) is 18.3 Å². The number of aliphatic carboxylic acids is 1. The summed E-state index contributed by atoms with van der Waals surface area (Å²) < 4.78 is 28.3. The van der Waals surface area contributed by atoms with Crippen LogP contribution in [0.1, 0.15) is 19.3 Å². The van der Waals surface area contributed by atoms with Gasteiger partial charge in [0.25, 0.3) is 10.0 Å². The molecule has 2 aliphatic rings. The lowest BCUT2D eigenvalue weighted by molar-refractivity contribution is -0.142. The molecular formula is C12H16N2O4S. The molecular weight excluding hydrogens is 268 g/mol. The van der Waals surface area contributed by atoms with Crippen LogP contribution in [0.25, 0.3) is 0 Å². The Morgan fingerprint density at radius 3 is 2.68 bits per heavy atom. The van der Waals surface area contributed by atoms with Gasteiger partial charge in [-0.05, 0) is 31.4 Å². The number of carboxylic acid groups (broad SMARTS) is 1. The fourth-order valence-electron chi connectivity index (χ4n) is 3.40. The quantitative estimate of drug-likeness (QED) is 0.884. The molecule has 0 aromatic carbocycles. The molecule has 2 saturated heterocycles. The van der Waals surface area contributed by atoms with Gasteiger partial charge in [-0.25, -0.2) is 8.42 Å². The van der Waals surface area contributed by atoms with Crippen molar-refractivity contribution in [3.8, 4) is 0 Å². The average molecular weight is 284 g/mol. The third-order valence-corrected chi connectivity index (χ3v) is 6.30. The minimum absolute atomic E-state index is 0.161. The van der Waals surface area contributed by atoms with E-state index in [2.05, 4.69) is 0 Å². The molecule has 2 bridgehead atoms. The first-order valence-corrected chi connectivity index (χ1v) is 7.74. The molecule has 0 spiro atoms. The molecule has 7 heteroatoms. The Labute approximate surface area is 111 Å². The zero-order valence-corrected chi connectivity index (χ0v) is 11.4. The Balaban J connectivity index is 2.00. The van der Waals surface area contributed by atoms with E-state index in [4.69, 9.17) is 0 Å². The minimum Gasteiger partial charge on any atom is -0.481 e. The Hall–Kier alpha value is -1.34. The van der Waals surface area contributed by atoms with Crippen LogP contribution in [0.15, 0.2) is 23.4 Å². The Morgan fingerprint density at radius 1 is 1.42 bits per heavy atom. The lowest BCUT2D eigenvalue weighted by atomic mass is 9.89. The van der Waals surface area contributed by atoms with Gasteiger partial charge in [-0.2, -0.15) is 4.31 Å². The number of aryl methyl sites for hydroxylation is 1. The fourth-order valence-corrected chi connectivity index (χ4v) is 5.48. The highest BCUT2D eigenvalue weighted by Gasteiger charge is 2.54. The molecule has 2 fully saturated rings. The van der Waals surface area contributed by atoms with Crippen molar-refractivity contribution >= 4 is 16.0 Å². The Bertz CT molecular complexity index is 621. The van der Waals surface area contributed by atoms with Crippen molar-refractivity contribution in [2.24, 2.45) is 13.0 Å². The van der Waals surface area contributed by atoms with Crippen molar-refractivity contribution in [3.63, 3.8) is 0 Å². The van der Waals surface area contributed by atoms with Crippen LogP contribution in [0, 0.1) is 5.92 Å². The van der Waals surface area contributed by atoms with Crippen molar-refractivity contribution in [1.82, 2.24) is 8.87 Å². The van der Waals surface area contributed by atoms with Crippen LogP contribution in [0.5, 0.6) is 0 Å². The molecule has 3 unspecified atom stereocenters. The Kier molecular flexibility index (Phi) is 2.72. The predicted octanol–water partition coefficient (Wildman–Crippen LogP) is 0.651. The number of carbonyl (C=O) groups is 1. The van der Waals surface area contributed by atoms with E-state index in [0.29, 0.717) is 12.8 Å². The van der Waals surface area contributed by atoms with Crippen LogP contribution in [0.3, 0.4) is 0 Å². The zero-order chi connectivity index (χ0) is 13.8. The lowest BCUT2D eigenvalue weighted by Crippen LogP contribution is -2.38. The van der Waals surface area contributed by atoms with E-state index in [1.54, 1.807) is 29.9 Å². The van der Waals surface area contributed by atoms with Crippen molar-refractivity contribution < 1.29 is 18.3 Å². The number of hydrogen-bond acceptors (Lipinski definition) is 3. The number of hydrogen-bond donors (Lipinski definition) is 1. The normalized spacial score (nSPS) is 30.9. The van der Waals surface area contributed by atoms with E-state index < -0.39 is 21.9 Å². The second-order valence-corrected chi connectivity index (χ2v) is 7.06. The molecule has 1 aromatic rings. The van der Waals surface area contributed by atoms with Gasteiger partial charge in [-0.1, -0.05) is 0 Å². The smallest absolute Gasteiger partial charge is 0.308 e. The van der Waals surface area contributed by atoms with Gasteiger partial charge >= 0.3 is 5.97 Å². The van der Waals surface area contributed by atoms with Crippen LogP contribution in [-0.2, 0) is 21.9 Å². The summed E-state index contributed by atoms with van der Waals surface area (Å²) in [5.74, 6) is -1.45. The second kappa shape index (κ2) is 4.08. The third-order valence-electron chi connectivity index (χ3n) is 4.23. The van der Waals surface area contributed by atoms with E-state index >= 15 is 0 Å². The monoisotopic (exact) mass is 284 g/mol. The average Bonchev–Trinajstić information content (AvgIpc) is 3.01. The SMILES string of the molecule is Cn1cccc1S(=O)(=O)N1C2CCC1C(C(=O)O)C2. The van der Waals surface area contributed by atoms with Crippen LogP contribution >= 0.6 is 0 Å². The van der Waals surface area contributed by atoms with Gasteiger partial charge in [-0.3, -0.25) is 4.79 Å². The summed E-state index contributed by atoms with van der Waals surface area (Å²) in [5.41, 5.74) is 0. The largest absolute Gasteiger partial charge is 0.481 e. The summed E-state index contributed by atoms with van der Waals surface area (Å²) in [6.07, 6.45) is 3.52. The van der Waals surface area contributed by atoms with Gasteiger partial charge in [0.2, 0.25) is 0 Å². The van der Waals surface area contributed by atoms with Crippen molar-refractivity contribution in [2.45, 2.75) is 36.4 Å². The molecule has 2 aliphatic heterocycles. The van der Waals surface area contributed by atoms with Crippen LogP contribution in [0.4, 0.5) is 0 Å². The Morgan fingerprint density at radius 2 is 2.16 bits per heavy atom. The summed E-state index contributed by atoms with van der Waals surface area (Å²) >= 11 is 0. The van der Waals surface area contributed by atoms with E-state index in [1.165, 1.54) is 4.31 Å². The topological polar surface area (TPSA) is 79.6 Å². The maximum absolute atomic E-state index is 12.7. The van der Waals surface area contributed by atoms with E-state index in [-0.39, 0.29) is 17.1 Å². The van der Waals surface area contributed by atoms with Crippen LogP contribution in [0.2, 0.25) is 0 Å². The van der Waals surface area contributed by atoms with E-state index in [9.17, 15) is 18.3 Å². The van der Waals surface area contributed by atoms with Crippen LogP contribution in [-0.4, -0.2) is 40.4 Å². The van der Waals surface area contributed by atoms with Crippen molar-refractivity contribution in [1.29, 1.82) is 0 Å². The summed E-state index contributed by atoms with van der Waals surface area (Å²) in [6, 6.07) is 2.69. The maximum Gasteiger partial charge on any atom is 0.308 e. The van der Waals surface area contributed by atoms with Gasteiger partial charge in [0.1, 0.15) is 5.03 Å². The van der Waals surface area contributed by atoms with Crippen LogP contribution < -0.4 is 0 Å². The first-order valence-electron chi connectivity index (χ1n) is 6.30. The van der Waals surface area contributed by atoms with Gasteiger partial charge in [0.05, 0.1) is 5.92 Å². The first kappa shape index (κ1) is 12.7. The van der Waals surface area contributed by atoms with Gasteiger partial charge in [0, 0.05) is 25.3 Å².